The van der Waals surface area contributed by atoms with Gasteiger partial charge in [0.15, 0.2) is 5.16 Å². The highest BCUT2D eigenvalue weighted by Crippen LogP contribution is 2.59. The number of carbonyl (C=O) groups is 1. The molecule has 1 saturated carbocycles. The summed E-state index contributed by atoms with van der Waals surface area (Å²) in [6, 6.07) is 10.8. The van der Waals surface area contributed by atoms with Crippen molar-refractivity contribution in [2.45, 2.75) is 30.3 Å². The molecule has 2 aromatic heterocycles. The molecule has 3 heterocycles. The molecule has 1 unspecified atom stereocenters. The Balaban J connectivity index is 0.000000775. The number of aryl methyl sites for hydroxylation is 1. The SMILES string of the molecule is Cc1cc(-c2nnc(SCCCN3C[C@@H]4CC4(c4ccc(Br)cc4)C3)n2C)on1.O=CO. The van der Waals surface area contributed by atoms with Crippen molar-refractivity contribution in [1.29, 1.82) is 0 Å². The van der Waals surface area contributed by atoms with E-state index in [9.17, 15) is 0 Å². The van der Waals surface area contributed by atoms with Crippen LogP contribution >= 0.6 is 27.7 Å². The van der Waals surface area contributed by atoms with Crippen molar-refractivity contribution < 1.29 is 14.4 Å². The summed E-state index contributed by atoms with van der Waals surface area (Å²) in [7, 11) is 1.98. The molecule has 1 saturated heterocycles. The molecule has 0 bridgehead atoms. The summed E-state index contributed by atoms with van der Waals surface area (Å²) in [6.07, 6.45) is 2.50. The number of carboxylic acid groups (broad SMARTS) is 1. The molecule has 2 atom stereocenters. The molecule has 170 valence electrons. The molecule has 1 aliphatic carbocycles. The first kappa shape index (κ1) is 23.0. The zero-order valence-electron chi connectivity index (χ0n) is 18.1. The fourth-order valence-corrected chi connectivity index (χ4v) is 5.66. The first-order chi connectivity index (χ1) is 15.5. The Kier molecular flexibility index (Phi) is 7.02. The van der Waals surface area contributed by atoms with Crippen LogP contribution in [0, 0.1) is 12.8 Å². The molecule has 5 rings (SSSR count). The quantitative estimate of drug-likeness (QED) is 0.284. The maximum atomic E-state index is 8.36. The second-order valence-corrected chi connectivity index (χ2v) is 10.3. The van der Waals surface area contributed by atoms with Gasteiger partial charge in [-0.25, -0.2) is 0 Å². The zero-order valence-corrected chi connectivity index (χ0v) is 20.5. The number of rotatable bonds is 7. The van der Waals surface area contributed by atoms with Crippen LogP contribution < -0.4 is 0 Å². The minimum Gasteiger partial charge on any atom is -0.483 e. The monoisotopic (exact) mass is 519 g/mol. The van der Waals surface area contributed by atoms with Crippen LogP contribution in [-0.4, -0.2) is 61.8 Å². The van der Waals surface area contributed by atoms with Crippen LogP contribution in [0.2, 0.25) is 0 Å². The maximum absolute atomic E-state index is 8.36. The predicted molar refractivity (Wildman–Crippen MR) is 126 cm³/mol. The van der Waals surface area contributed by atoms with Crippen LogP contribution in [-0.2, 0) is 17.3 Å². The van der Waals surface area contributed by atoms with E-state index in [1.54, 1.807) is 11.8 Å². The van der Waals surface area contributed by atoms with E-state index in [0.717, 1.165) is 45.8 Å². The Morgan fingerprint density at radius 3 is 2.78 bits per heavy atom. The molecule has 2 aliphatic rings. The molecule has 3 aromatic rings. The summed E-state index contributed by atoms with van der Waals surface area (Å²) < 4.78 is 8.46. The number of hydrogen-bond acceptors (Lipinski definition) is 7. The van der Waals surface area contributed by atoms with Crippen molar-refractivity contribution in [2.24, 2.45) is 13.0 Å². The third-order valence-electron chi connectivity index (χ3n) is 6.17. The molecule has 0 radical (unpaired) electrons. The summed E-state index contributed by atoms with van der Waals surface area (Å²) in [4.78, 5) is 11.0. The van der Waals surface area contributed by atoms with Crippen LogP contribution in [0.25, 0.3) is 11.6 Å². The van der Waals surface area contributed by atoms with E-state index >= 15 is 0 Å². The van der Waals surface area contributed by atoms with E-state index in [2.05, 4.69) is 60.4 Å². The average Bonchev–Trinajstić information content (AvgIpc) is 3.08. The van der Waals surface area contributed by atoms with Gasteiger partial charge >= 0.3 is 0 Å². The van der Waals surface area contributed by atoms with Gasteiger partial charge in [-0.2, -0.15) is 0 Å². The topological polar surface area (TPSA) is 97.3 Å². The fraction of sp³-hybridized carbons (Fsp3) is 0.455. The van der Waals surface area contributed by atoms with E-state index in [1.807, 2.05) is 24.6 Å². The van der Waals surface area contributed by atoms with Gasteiger partial charge in [0.1, 0.15) is 0 Å². The second-order valence-electron chi connectivity index (χ2n) is 8.30. The van der Waals surface area contributed by atoms with Gasteiger partial charge in [-0.05, 0) is 49.9 Å². The molecule has 32 heavy (non-hydrogen) atoms. The maximum Gasteiger partial charge on any atom is 0.290 e. The lowest BCUT2D eigenvalue weighted by atomic mass is 9.95. The second kappa shape index (κ2) is 9.76. The van der Waals surface area contributed by atoms with Crippen LogP contribution in [0.15, 0.2) is 44.5 Å². The molecule has 2 fully saturated rings. The highest BCUT2D eigenvalue weighted by molar-refractivity contribution is 9.10. The van der Waals surface area contributed by atoms with Crippen molar-refractivity contribution in [2.75, 3.05) is 25.4 Å². The summed E-state index contributed by atoms with van der Waals surface area (Å²) in [5.41, 5.74) is 2.78. The number of nitrogens with zero attached hydrogens (tertiary/aromatic N) is 5. The zero-order chi connectivity index (χ0) is 22.7. The van der Waals surface area contributed by atoms with Crippen LogP contribution in [0.3, 0.4) is 0 Å². The molecule has 0 amide bonds. The first-order valence-corrected chi connectivity index (χ1v) is 12.3. The molecule has 0 spiro atoms. The lowest BCUT2D eigenvalue weighted by Gasteiger charge is -2.21. The number of thioether (sulfide) groups is 1. The van der Waals surface area contributed by atoms with Gasteiger partial charge in [-0.15, -0.1) is 10.2 Å². The average molecular weight is 520 g/mol. The summed E-state index contributed by atoms with van der Waals surface area (Å²) in [5.74, 6) is 3.26. The number of halogens is 1. The standard InChI is InChI=1S/C21H24BrN5OS.CH2O2/c1-14-10-18(28-25-14)19-23-24-20(26(19)2)29-9-3-8-27-12-16-11-21(16,13-27)15-4-6-17(22)7-5-15;2-1-3/h4-7,10,16H,3,8-9,11-13H2,1-2H3;1H,(H,2,3)/t16-,21?;/m0./s1. The van der Waals surface area contributed by atoms with E-state index in [-0.39, 0.29) is 6.47 Å². The molecule has 8 nitrogen and oxygen atoms in total. The van der Waals surface area contributed by atoms with Gasteiger partial charge in [0.25, 0.3) is 6.47 Å². The Hall–Kier alpha value is -2.17. The van der Waals surface area contributed by atoms with E-state index in [0.29, 0.717) is 11.2 Å². The third kappa shape index (κ3) is 4.77. The molecule has 1 aliphatic heterocycles. The smallest absolute Gasteiger partial charge is 0.290 e. The van der Waals surface area contributed by atoms with Gasteiger partial charge in [-0.3, -0.25) is 4.79 Å². The Labute approximate surface area is 199 Å². The van der Waals surface area contributed by atoms with Crippen LogP contribution in [0.5, 0.6) is 0 Å². The Bertz CT molecular complexity index is 1070. The number of aromatic nitrogens is 4. The molecular weight excluding hydrogens is 494 g/mol. The van der Waals surface area contributed by atoms with Crippen molar-refractivity contribution in [3.8, 4) is 11.6 Å². The lowest BCUT2D eigenvalue weighted by Crippen LogP contribution is -2.27. The first-order valence-electron chi connectivity index (χ1n) is 10.5. The molecular formula is C22H26BrN5O3S. The normalized spacial score (nSPS) is 21.7. The van der Waals surface area contributed by atoms with E-state index in [1.165, 1.54) is 25.1 Å². The molecule has 1 N–H and O–H groups in total. The van der Waals surface area contributed by atoms with Crippen molar-refractivity contribution in [1.82, 2.24) is 24.8 Å². The predicted octanol–water partition coefficient (Wildman–Crippen LogP) is 4.00. The number of piperidine rings is 1. The number of likely N-dealkylation sites (tertiary alicyclic amines) is 1. The van der Waals surface area contributed by atoms with Crippen molar-refractivity contribution >= 4 is 34.2 Å². The van der Waals surface area contributed by atoms with E-state index < -0.39 is 0 Å². The third-order valence-corrected chi connectivity index (χ3v) is 7.80. The van der Waals surface area contributed by atoms with Gasteiger partial charge in [0, 0.05) is 41.8 Å². The Morgan fingerprint density at radius 2 is 2.09 bits per heavy atom. The number of benzene rings is 1. The van der Waals surface area contributed by atoms with E-state index in [4.69, 9.17) is 14.4 Å². The number of hydrogen-bond donors (Lipinski definition) is 1. The summed E-state index contributed by atoms with van der Waals surface area (Å²) in [6.45, 7) is 5.23. The Morgan fingerprint density at radius 1 is 1.34 bits per heavy atom. The van der Waals surface area contributed by atoms with Gasteiger partial charge in [0.05, 0.1) is 5.69 Å². The summed E-state index contributed by atoms with van der Waals surface area (Å²) in [5, 5.41) is 20.3. The minimum atomic E-state index is -0.250. The van der Waals surface area contributed by atoms with Crippen LogP contribution in [0.1, 0.15) is 24.1 Å². The highest BCUT2D eigenvalue weighted by atomic mass is 79.9. The van der Waals surface area contributed by atoms with Crippen molar-refractivity contribution in [3.05, 3.63) is 46.1 Å². The van der Waals surface area contributed by atoms with Gasteiger partial charge in [-0.1, -0.05) is 45.0 Å². The van der Waals surface area contributed by atoms with Crippen LogP contribution in [0.4, 0.5) is 0 Å². The highest BCUT2D eigenvalue weighted by Gasteiger charge is 2.60. The fourth-order valence-electron chi connectivity index (χ4n) is 4.56. The molecule has 1 aromatic carbocycles. The minimum absolute atomic E-state index is 0.250. The summed E-state index contributed by atoms with van der Waals surface area (Å²) >= 11 is 5.30. The van der Waals surface area contributed by atoms with Crippen molar-refractivity contribution in [3.63, 3.8) is 0 Å². The van der Waals surface area contributed by atoms with Gasteiger partial charge in [0.2, 0.25) is 11.6 Å². The number of fused-ring (bicyclic) bond motifs is 1. The largest absolute Gasteiger partial charge is 0.483 e. The van der Waals surface area contributed by atoms with Gasteiger partial charge < -0.3 is 19.1 Å². The lowest BCUT2D eigenvalue weighted by molar-refractivity contribution is -0.122. The molecule has 10 heteroatoms.